The van der Waals surface area contributed by atoms with Crippen LogP contribution < -0.4 is 0 Å². The molecule has 0 aliphatic heterocycles. The first-order valence-corrected chi connectivity index (χ1v) is 4.92. The van der Waals surface area contributed by atoms with Gasteiger partial charge in [-0.1, -0.05) is 5.57 Å². The Balaban J connectivity index is 3.64. The number of carbonyl (C=O) groups is 1. The molecule has 0 aromatic carbocycles. The highest BCUT2D eigenvalue weighted by atomic mass is 16.5. The molecular weight excluding hydrogens is 194 g/mol. The molecule has 0 saturated heterocycles. The molecule has 1 unspecified atom stereocenters. The van der Waals surface area contributed by atoms with Gasteiger partial charge in [-0.3, -0.25) is 4.79 Å². The van der Waals surface area contributed by atoms with Crippen molar-refractivity contribution < 1.29 is 14.6 Å². The standard InChI is InChI=1S/C11H17NO3/c1-9(7-10(13)8-12)5-3-4-6-11(14)15-2/h7,10,13H,3-6H2,1-2H3/b9-7+. The Bertz CT molecular complexity index is 265. The van der Waals surface area contributed by atoms with Crippen molar-refractivity contribution in [3.63, 3.8) is 0 Å². The van der Waals surface area contributed by atoms with Crippen LogP contribution in [0, 0.1) is 11.3 Å². The van der Waals surface area contributed by atoms with Gasteiger partial charge >= 0.3 is 5.97 Å². The summed E-state index contributed by atoms with van der Waals surface area (Å²) in [6.45, 7) is 1.86. The van der Waals surface area contributed by atoms with Crippen molar-refractivity contribution in [2.45, 2.75) is 38.7 Å². The average molecular weight is 211 g/mol. The van der Waals surface area contributed by atoms with E-state index in [-0.39, 0.29) is 5.97 Å². The molecule has 0 aromatic heterocycles. The van der Waals surface area contributed by atoms with Crippen LogP contribution in [0.25, 0.3) is 0 Å². The Labute approximate surface area is 90.2 Å². The number of nitrogens with zero attached hydrogens (tertiary/aromatic N) is 1. The van der Waals surface area contributed by atoms with Gasteiger partial charge in [0.15, 0.2) is 6.10 Å². The van der Waals surface area contributed by atoms with Crippen molar-refractivity contribution >= 4 is 5.97 Å². The molecule has 15 heavy (non-hydrogen) atoms. The summed E-state index contributed by atoms with van der Waals surface area (Å²) in [6, 6.07) is 1.72. The Morgan fingerprint density at radius 1 is 1.53 bits per heavy atom. The van der Waals surface area contributed by atoms with Crippen molar-refractivity contribution in [1.82, 2.24) is 0 Å². The van der Waals surface area contributed by atoms with Crippen molar-refractivity contribution in [3.8, 4) is 6.07 Å². The van der Waals surface area contributed by atoms with Gasteiger partial charge < -0.3 is 9.84 Å². The lowest BCUT2D eigenvalue weighted by molar-refractivity contribution is -0.140. The SMILES string of the molecule is COC(=O)CCCC/C(C)=C/C(O)C#N. The van der Waals surface area contributed by atoms with E-state index in [4.69, 9.17) is 10.4 Å². The lowest BCUT2D eigenvalue weighted by Gasteiger charge is -2.02. The molecule has 1 atom stereocenters. The molecule has 4 nitrogen and oxygen atoms in total. The van der Waals surface area contributed by atoms with Gasteiger partial charge in [0.1, 0.15) is 0 Å². The first kappa shape index (κ1) is 13.7. The van der Waals surface area contributed by atoms with E-state index in [9.17, 15) is 4.79 Å². The monoisotopic (exact) mass is 211 g/mol. The number of nitriles is 1. The van der Waals surface area contributed by atoms with Gasteiger partial charge in [0.25, 0.3) is 0 Å². The fourth-order valence-electron chi connectivity index (χ4n) is 1.17. The van der Waals surface area contributed by atoms with Crippen LogP contribution in [0.15, 0.2) is 11.6 Å². The normalized spacial score (nSPS) is 13.1. The fourth-order valence-corrected chi connectivity index (χ4v) is 1.17. The number of unbranched alkanes of at least 4 members (excludes halogenated alkanes) is 1. The molecule has 0 aliphatic rings. The average Bonchev–Trinajstić information content (AvgIpc) is 2.23. The molecule has 0 amide bonds. The van der Waals surface area contributed by atoms with Crippen molar-refractivity contribution in [1.29, 1.82) is 5.26 Å². The number of hydrogen-bond donors (Lipinski definition) is 1. The minimum Gasteiger partial charge on any atom is -0.469 e. The van der Waals surface area contributed by atoms with Crippen LogP contribution in [0.1, 0.15) is 32.6 Å². The van der Waals surface area contributed by atoms with E-state index in [1.54, 1.807) is 6.07 Å². The largest absolute Gasteiger partial charge is 0.469 e. The van der Waals surface area contributed by atoms with E-state index in [2.05, 4.69) is 4.74 Å². The second kappa shape index (κ2) is 8.01. The number of aliphatic hydroxyl groups excluding tert-OH is 1. The topological polar surface area (TPSA) is 70.3 Å². The molecule has 84 valence electrons. The number of ether oxygens (including phenoxy) is 1. The molecule has 1 N–H and O–H groups in total. The predicted octanol–water partition coefficient (Wildman–Crippen LogP) is 1.55. The number of allylic oxidation sites excluding steroid dienone is 1. The zero-order valence-electron chi connectivity index (χ0n) is 9.19. The summed E-state index contributed by atoms with van der Waals surface area (Å²) in [5.74, 6) is -0.200. The molecule has 0 heterocycles. The minimum atomic E-state index is -1.02. The quantitative estimate of drug-likeness (QED) is 0.313. The molecule has 0 rings (SSSR count). The summed E-state index contributed by atoms with van der Waals surface area (Å²) in [5, 5.41) is 17.4. The Kier molecular flexibility index (Phi) is 7.29. The van der Waals surface area contributed by atoms with Gasteiger partial charge in [0.05, 0.1) is 13.2 Å². The maximum absolute atomic E-state index is 10.8. The fraction of sp³-hybridized carbons (Fsp3) is 0.636. The van der Waals surface area contributed by atoms with Crippen molar-refractivity contribution in [2.24, 2.45) is 0 Å². The lowest BCUT2D eigenvalue weighted by Crippen LogP contribution is -2.00. The first-order chi connectivity index (χ1) is 7.10. The second-order valence-corrected chi connectivity index (χ2v) is 3.37. The number of rotatable bonds is 6. The van der Waals surface area contributed by atoms with Crippen LogP contribution in [0.4, 0.5) is 0 Å². The Morgan fingerprint density at radius 2 is 2.13 bits per heavy atom. The number of carbonyl (C=O) groups excluding carboxylic acids is 1. The van der Waals surface area contributed by atoms with E-state index in [0.29, 0.717) is 6.42 Å². The number of hydrogen-bond acceptors (Lipinski definition) is 4. The van der Waals surface area contributed by atoms with Crippen LogP contribution >= 0.6 is 0 Å². The molecule has 0 bridgehead atoms. The van der Waals surface area contributed by atoms with E-state index in [0.717, 1.165) is 24.8 Å². The summed E-state index contributed by atoms with van der Waals surface area (Å²) in [6.07, 6.45) is 3.33. The zero-order chi connectivity index (χ0) is 11.7. The smallest absolute Gasteiger partial charge is 0.305 e. The van der Waals surface area contributed by atoms with Gasteiger partial charge in [-0.05, 0) is 32.3 Å². The van der Waals surface area contributed by atoms with E-state index >= 15 is 0 Å². The molecule has 0 radical (unpaired) electrons. The highest BCUT2D eigenvalue weighted by Gasteiger charge is 2.01. The van der Waals surface area contributed by atoms with Crippen LogP contribution in [0.3, 0.4) is 0 Å². The highest BCUT2D eigenvalue weighted by Crippen LogP contribution is 2.09. The van der Waals surface area contributed by atoms with Crippen molar-refractivity contribution in [3.05, 3.63) is 11.6 Å². The minimum absolute atomic E-state index is 0.200. The molecule has 0 aliphatic carbocycles. The third-order valence-electron chi connectivity index (χ3n) is 2.00. The summed E-state index contributed by atoms with van der Waals surface area (Å²) in [5.41, 5.74) is 0.967. The number of methoxy groups -OCH3 is 1. The third kappa shape index (κ3) is 7.71. The molecular formula is C11H17NO3. The summed E-state index contributed by atoms with van der Waals surface area (Å²) < 4.78 is 4.50. The van der Waals surface area contributed by atoms with E-state index < -0.39 is 6.10 Å². The second-order valence-electron chi connectivity index (χ2n) is 3.37. The van der Waals surface area contributed by atoms with Gasteiger partial charge in [-0.25, -0.2) is 0 Å². The Morgan fingerprint density at radius 3 is 2.67 bits per heavy atom. The number of esters is 1. The molecule has 0 spiro atoms. The summed E-state index contributed by atoms with van der Waals surface area (Å²) in [4.78, 5) is 10.8. The van der Waals surface area contributed by atoms with Crippen LogP contribution in [-0.4, -0.2) is 24.3 Å². The maximum atomic E-state index is 10.8. The lowest BCUT2D eigenvalue weighted by atomic mass is 10.1. The maximum Gasteiger partial charge on any atom is 0.305 e. The van der Waals surface area contributed by atoms with Gasteiger partial charge in [0, 0.05) is 6.42 Å². The van der Waals surface area contributed by atoms with Gasteiger partial charge in [0.2, 0.25) is 0 Å². The van der Waals surface area contributed by atoms with E-state index in [1.807, 2.05) is 6.92 Å². The summed E-state index contributed by atoms with van der Waals surface area (Å²) >= 11 is 0. The molecule has 0 fully saturated rings. The third-order valence-corrected chi connectivity index (χ3v) is 2.00. The molecule has 0 saturated carbocycles. The van der Waals surface area contributed by atoms with Crippen LogP contribution in [0.2, 0.25) is 0 Å². The van der Waals surface area contributed by atoms with E-state index in [1.165, 1.54) is 13.2 Å². The zero-order valence-corrected chi connectivity index (χ0v) is 9.19. The molecule has 0 aromatic rings. The van der Waals surface area contributed by atoms with Crippen molar-refractivity contribution in [2.75, 3.05) is 7.11 Å². The predicted molar refractivity (Wildman–Crippen MR) is 55.9 cm³/mol. The van der Waals surface area contributed by atoms with Crippen LogP contribution in [-0.2, 0) is 9.53 Å². The van der Waals surface area contributed by atoms with Gasteiger partial charge in [-0.15, -0.1) is 0 Å². The molecule has 4 heteroatoms. The number of aliphatic hydroxyl groups is 1. The Hall–Kier alpha value is -1.34. The first-order valence-electron chi connectivity index (χ1n) is 4.92. The summed E-state index contributed by atoms with van der Waals surface area (Å²) in [7, 11) is 1.37. The van der Waals surface area contributed by atoms with Gasteiger partial charge in [-0.2, -0.15) is 5.26 Å². The highest BCUT2D eigenvalue weighted by molar-refractivity contribution is 5.68. The van der Waals surface area contributed by atoms with Crippen LogP contribution in [0.5, 0.6) is 0 Å².